The second-order valence-corrected chi connectivity index (χ2v) is 6.17. The smallest absolute Gasteiger partial charge is 0.317 e. The van der Waals surface area contributed by atoms with Crippen molar-refractivity contribution >= 4 is 23.4 Å². The van der Waals surface area contributed by atoms with Crippen LogP contribution in [0.5, 0.6) is 0 Å². The van der Waals surface area contributed by atoms with E-state index in [0.717, 1.165) is 23.9 Å². The van der Waals surface area contributed by atoms with Crippen LogP contribution in [0.1, 0.15) is 13.3 Å². The highest BCUT2D eigenvalue weighted by atomic mass is 32.2. The monoisotopic (exact) mass is 350 g/mol. The number of thioether (sulfide) groups is 1. The zero-order valence-electron chi connectivity index (χ0n) is 12.5. The number of nitrogens with zero attached hydrogens (tertiary/aromatic N) is 4. The fourth-order valence-electron chi connectivity index (χ4n) is 2.10. The van der Waals surface area contributed by atoms with Gasteiger partial charge in [-0.2, -0.15) is 9.61 Å². The molecule has 0 saturated carbocycles. The Hall–Kier alpha value is -2.55. The van der Waals surface area contributed by atoms with Crippen LogP contribution < -0.4 is 0 Å². The number of carbonyl (C=O) groups is 1. The molecule has 1 atom stereocenters. The van der Waals surface area contributed by atoms with Gasteiger partial charge in [-0.1, -0.05) is 18.7 Å². The lowest BCUT2D eigenvalue weighted by Crippen LogP contribution is -2.15. The lowest BCUT2D eigenvalue weighted by molar-refractivity contribution is -0.136. The highest BCUT2D eigenvalue weighted by molar-refractivity contribution is 8.00. The molecule has 0 aliphatic carbocycles. The maximum Gasteiger partial charge on any atom is 0.317 e. The minimum absolute atomic E-state index is 0.245. The van der Waals surface area contributed by atoms with Crippen LogP contribution in [0, 0.1) is 11.6 Å². The second kappa shape index (κ2) is 6.52. The van der Waals surface area contributed by atoms with Gasteiger partial charge in [0, 0.05) is 5.56 Å². The normalized spacial score (nSPS) is 12.5. The molecule has 0 saturated heterocycles. The predicted octanol–water partition coefficient (Wildman–Crippen LogP) is 3.02. The van der Waals surface area contributed by atoms with Gasteiger partial charge in [0.1, 0.15) is 10.3 Å². The number of hydrogen-bond donors (Lipinski definition) is 1. The molecule has 0 aliphatic heterocycles. The summed E-state index contributed by atoms with van der Waals surface area (Å²) in [5.41, 5.74) is 0.740. The molecule has 0 aliphatic rings. The molecule has 6 nitrogen and oxygen atoms in total. The average Bonchev–Trinajstić information content (AvgIpc) is 2.98. The van der Waals surface area contributed by atoms with Crippen LogP contribution in [0.25, 0.3) is 17.0 Å². The topological polar surface area (TPSA) is 80.4 Å². The van der Waals surface area contributed by atoms with E-state index in [9.17, 15) is 13.6 Å². The van der Waals surface area contributed by atoms with E-state index in [0.29, 0.717) is 22.7 Å². The van der Waals surface area contributed by atoms with Crippen LogP contribution in [0.4, 0.5) is 8.78 Å². The van der Waals surface area contributed by atoms with Gasteiger partial charge in [-0.05, 0) is 36.8 Å². The summed E-state index contributed by atoms with van der Waals surface area (Å²) in [5.74, 6) is -2.63. The van der Waals surface area contributed by atoms with Crippen molar-refractivity contribution in [3.05, 3.63) is 42.0 Å². The molecule has 3 rings (SSSR count). The van der Waals surface area contributed by atoms with E-state index in [1.54, 1.807) is 19.1 Å². The number of rotatable bonds is 5. The van der Waals surface area contributed by atoms with Crippen LogP contribution in [0.2, 0.25) is 0 Å². The first-order valence-corrected chi connectivity index (χ1v) is 7.95. The number of carboxylic acid groups (broad SMARTS) is 1. The number of fused-ring (bicyclic) bond motifs is 1. The Balaban J connectivity index is 2.02. The lowest BCUT2D eigenvalue weighted by atomic mass is 10.2. The summed E-state index contributed by atoms with van der Waals surface area (Å²) < 4.78 is 27.9. The first-order valence-electron chi connectivity index (χ1n) is 7.07. The summed E-state index contributed by atoms with van der Waals surface area (Å²) in [6.45, 7) is 1.77. The van der Waals surface area contributed by atoms with Crippen molar-refractivity contribution in [3.8, 4) is 11.4 Å². The van der Waals surface area contributed by atoms with Crippen LogP contribution in [0.3, 0.4) is 0 Å². The van der Waals surface area contributed by atoms with Crippen LogP contribution in [0.15, 0.2) is 35.4 Å². The summed E-state index contributed by atoms with van der Waals surface area (Å²) in [6, 6.07) is 6.68. The molecule has 0 spiro atoms. The van der Waals surface area contributed by atoms with Gasteiger partial charge in [0.2, 0.25) is 0 Å². The second-order valence-electron chi connectivity index (χ2n) is 4.95. The van der Waals surface area contributed by atoms with E-state index in [1.807, 2.05) is 0 Å². The van der Waals surface area contributed by atoms with E-state index >= 15 is 0 Å². The van der Waals surface area contributed by atoms with Crippen molar-refractivity contribution in [3.63, 3.8) is 0 Å². The van der Waals surface area contributed by atoms with Gasteiger partial charge < -0.3 is 5.11 Å². The molecule has 0 bridgehead atoms. The fourth-order valence-corrected chi connectivity index (χ4v) is 2.94. The van der Waals surface area contributed by atoms with Crippen LogP contribution in [-0.4, -0.2) is 36.1 Å². The SMILES string of the molecule is CCC(Sc1ccc2nnc(-c3ccc(F)c(F)c3)n2n1)C(=O)O. The van der Waals surface area contributed by atoms with Crippen molar-refractivity contribution < 1.29 is 18.7 Å². The highest BCUT2D eigenvalue weighted by Crippen LogP contribution is 2.26. The number of aromatic nitrogens is 4. The van der Waals surface area contributed by atoms with E-state index in [4.69, 9.17) is 5.11 Å². The molecular formula is C15H12F2N4O2S. The lowest BCUT2D eigenvalue weighted by Gasteiger charge is -2.08. The molecular weight excluding hydrogens is 338 g/mol. The molecule has 1 unspecified atom stereocenters. The number of aliphatic carboxylic acids is 1. The Morgan fingerprint density at radius 2 is 2.04 bits per heavy atom. The van der Waals surface area contributed by atoms with Gasteiger partial charge in [0.15, 0.2) is 23.1 Å². The zero-order chi connectivity index (χ0) is 17.3. The van der Waals surface area contributed by atoms with Crippen LogP contribution >= 0.6 is 11.8 Å². The molecule has 3 aromatic rings. The van der Waals surface area contributed by atoms with Crippen molar-refractivity contribution in [1.82, 2.24) is 19.8 Å². The minimum Gasteiger partial charge on any atom is -0.480 e. The molecule has 2 heterocycles. The van der Waals surface area contributed by atoms with E-state index in [2.05, 4.69) is 15.3 Å². The summed E-state index contributed by atoms with van der Waals surface area (Å²) in [6.07, 6.45) is 0.442. The third kappa shape index (κ3) is 3.07. The molecule has 0 amide bonds. The Morgan fingerprint density at radius 1 is 1.25 bits per heavy atom. The molecule has 1 aromatic carbocycles. The number of benzene rings is 1. The fraction of sp³-hybridized carbons (Fsp3) is 0.200. The van der Waals surface area contributed by atoms with Gasteiger partial charge in [-0.3, -0.25) is 4.79 Å². The van der Waals surface area contributed by atoms with Gasteiger partial charge >= 0.3 is 5.97 Å². The quantitative estimate of drug-likeness (QED) is 0.713. The zero-order valence-corrected chi connectivity index (χ0v) is 13.3. The van der Waals surface area contributed by atoms with Crippen molar-refractivity contribution in [2.75, 3.05) is 0 Å². The molecule has 124 valence electrons. The molecule has 0 fully saturated rings. The first kappa shape index (κ1) is 16.3. The molecule has 1 N–H and O–H groups in total. The average molecular weight is 350 g/mol. The van der Waals surface area contributed by atoms with E-state index < -0.39 is 22.9 Å². The van der Waals surface area contributed by atoms with Crippen molar-refractivity contribution in [2.24, 2.45) is 0 Å². The standard InChI is InChI=1S/C15H12F2N4O2S/c1-2-11(15(22)23)24-13-6-5-12-18-19-14(21(12)20-13)8-3-4-9(16)10(17)7-8/h3-7,11H,2H2,1H3,(H,22,23). The molecule has 9 heteroatoms. The van der Waals surface area contributed by atoms with Gasteiger partial charge in [0.25, 0.3) is 0 Å². The summed E-state index contributed by atoms with van der Waals surface area (Å²) in [4.78, 5) is 11.1. The Bertz CT molecular complexity index is 916. The maximum absolute atomic E-state index is 13.4. The van der Waals surface area contributed by atoms with Crippen LogP contribution in [-0.2, 0) is 4.79 Å². The number of carboxylic acids is 1. The number of hydrogen-bond acceptors (Lipinski definition) is 5. The van der Waals surface area contributed by atoms with Gasteiger partial charge in [-0.25, -0.2) is 8.78 Å². The molecule has 0 radical (unpaired) electrons. The van der Waals surface area contributed by atoms with Gasteiger partial charge in [0.05, 0.1) is 0 Å². The summed E-state index contributed by atoms with van der Waals surface area (Å²) in [7, 11) is 0. The van der Waals surface area contributed by atoms with Crippen molar-refractivity contribution in [2.45, 2.75) is 23.6 Å². The van der Waals surface area contributed by atoms with Crippen molar-refractivity contribution in [1.29, 1.82) is 0 Å². The third-order valence-corrected chi connectivity index (χ3v) is 4.60. The summed E-state index contributed by atoms with van der Waals surface area (Å²) in [5, 5.41) is 21.2. The third-order valence-electron chi connectivity index (χ3n) is 3.33. The molecule has 24 heavy (non-hydrogen) atoms. The largest absolute Gasteiger partial charge is 0.480 e. The Kier molecular flexibility index (Phi) is 4.43. The molecule has 2 aromatic heterocycles. The van der Waals surface area contributed by atoms with E-state index in [-0.39, 0.29) is 5.82 Å². The maximum atomic E-state index is 13.4. The Morgan fingerprint density at radius 3 is 2.71 bits per heavy atom. The number of halogens is 2. The first-order chi connectivity index (χ1) is 11.5. The highest BCUT2D eigenvalue weighted by Gasteiger charge is 2.19. The Labute approximate surface area is 139 Å². The predicted molar refractivity (Wildman–Crippen MR) is 83.7 cm³/mol. The van der Waals surface area contributed by atoms with Gasteiger partial charge in [-0.15, -0.1) is 10.2 Å². The minimum atomic E-state index is -0.994. The van der Waals surface area contributed by atoms with E-state index in [1.165, 1.54) is 10.6 Å². The summed E-state index contributed by atoms with van der Waals surface area (Å²) >= 11 is 1.10.